The monoisotopic (exact) mass is 882 g/mol. The molecule has 0 saturated carbocycles. The quantitative estimate of drug-likeness (QED) is 0.0169. The van der Waals surface area contributed by atoms with Gasteiger partial charge >= 0.3 is 0 Å². The molecule has 1 aliphatic rings. The maximum absolute atomic E-state index is 14.1. The normalized spacial score (nSPS) is 16.5. The van der Waals surface area contributed by atoms with Gasteiger partial charge in [0.1, 0.15) is 36.3 Å². The Morgan fingerprint density at radius 1 is 0.532 bits per heavy atom. The molecule has 21 N–H and O–H groups in total. The minimum absolute atomic E-state index is 0.0380. The molecule has 0 aromatic carbocycles. The number of unbranched alkanes of at least 4 members (excludes halogenated alkanes) is 4. The SMILES string of the molecule is CC(C)[C@H](NC(=O)[C@H](CCCCN)NC(=O)[C@H](CCCN=C(N)N)NC(=O)[C@H](CCCCN)NC(=O)[C@H](CCCCN)NC(=O)[C@H](CCCCN)NC(=O)[C@@H]1CCCN1)C(N)=O. The number of nitrogens with zero attached hydrogens (tertiary/aromatic N) is 1. The molecule has 0 unspecified atom stereocenters. The van der Waals surface area contributed by atoms with Crippen molar-refractivity contribution in [2.75, 3.05) is 39.3 Å². The number of hydrogen-bond donors (Lipinski definition) is 14. The second-order valence-corrected chi connectivity index (χ2v) is 16.2. The molecule has 22 nitrogen and oxygen atoms in total. The van der Waals surface area contributed by atoms with Crippen molar-refractivity contribution in [1.29, 1.82) is 0 Å². The second-order valence-electron chi connectivity index (χ2n) is 16.2. The van der Waals surface area contributed by atoms with Crippen molar-refractivity contribution in [2.45, 2.75) is 159 Å². The zero-order valence-corrected chi connectivity index (χ0v) is 37.0. The molecule has 1 saturated heterocycles. The van der Waals surface area contributed by atoms with Crippen LogP contribution in [0.15, 0.2) is 4.99 Å². The summed E-state index contributed by atoms with van der Waals surface area (Å²) in [4.78, 5) is 98.6. The Kier molecular flexibility index (Phi) is 28.7. The molecule has 0 bridgehead atoms. The zero-order valence-electron chi connectivity index (χ0n) is 37.0. The van der Waals surface area contributed by atoms with Crippen molar-refractivity contribution >= 4 is 47.3 Å². The predicted molar refractivity (Wildman–Crippen MR) is 238 cm³/mol. The number of nitrogens with two attached hydrogens (primary N) is 7. The summed E-state index contributed by atoms with van der Waals surface area (Å²) in [5.41, 5.74) is 39.4. The van der Waals surface area contributed by atoms with Gasteiger partial charge in [-0.2, -0.15) is 0 Å². The molecule has 0 aromatic heterocycles. The van der Waals surface area contributed by atoms with Crippen molar-refractivity contribution in [1.82, 2.24) is 37.2 Å². The molecular formula is C40H79N15O7. The fraction of sp³-hybridized carbons (Fsp3) is 0.800. The molecule has 0 aromatic rings. The Hall–Kier alpha value is -4.64. The summed E-state index contributed by atoms with van der Waals surface area (Å²) >= 11 is 0. The van der Waals surface area contributed by atoms with Gasteiger partial charge in [-0.1, -0.05) is 13.8 Å². The largest absolute Gasteiger partial charge is 0.370 e. The highest BCUT2D eigenvalue weighted by molar-refractivity contribution is 5.97. The molecule has 22 heteroatoms. The van der Waals surface area contributed by atoms with Crippen LogP contribution in [0.5, 0.6) is 0 Å². The summed E-state index contributed by atoms with van der Waals surface area (Å²) in [5.74, 6) is -4.76. The molecule has 0 spiro atoms. The fourth-order valence-corrected chi connectivity index (χ4v) is 6.91. The van der Waals surface area contributed by atoms with Crippen LogP contribution in [0.4, 0.5) is 0 Å². The van der Waals surface area contributed by atoms with Crippen LogP contribution in [0.2, 0.25) is 0 Å². The van der Waals surface area contributed by atoms with E-state index in [1.807, 2.05) is 0 Å². The predicted octanol–water partition coefficient (Wildman–Crippen LogP) is -3.64. The van der Waals surface area contributed by atoms with Crippen LogP contribution in [0.25, 0.3) is 0 Å². The first kappa shape index (κ1) is 55.4. The number of hydrogen-bond acceptors (Lipinski definition) is 13. The van der Waals surface area contributed by atoms with Crippen molar-refractivity contribution in [3.8, 4) is 0 Å². The summed E-state index contributed by atoms with van der Waals surface area (Å²) in [6.07, 6.45) is 6.78. The number of nitrogens with one attached hydrogen (secondary N) is 7. The van der Waals surface area contributed by atoms with Crippen LogP contribution >= 0.6 is 0 Å². The van der Waals surface area contributed by atoms with Crippen molar-refractivity contribution in [3.63, 3.8) is 0 Å². The molecule has 1 fully saturated rings. The van der Waals surface area contributed by atoms with Crippen LogP contribution in [0, 0.1) is 5.92 Å². The fourth-order valence-electron chi connectivity index (χ4n) is 6.91. The van der Waals surface area contributed by atoms with Gasteiger partial charge < -0.3 is 77.4 Å². The average Bonchev–Trinajstić information content (AvgIpc) is 3.77. The molecule has 1 rings (SSSR count). The lowest BCUT2D eigenvalue weighted by molar-refractivity contribution is -0.136. The average molecular weight is 882 g/mol. The Morgan fingerprint density at radius 3 is 1.19 bits per heavy atom. The van der Waals surface area contributed by atoms with E-state index in [4.69, 9.17) is 40.1 Å². The van der Waals surface area contributed by atoms with Crippen molar-refractivity contribution < 1.29 is 33.6 Å². The van der Waals surface area contributed by atoms with Gasteiger partial charge in [0.15, 0.2) is 5.96 Å². The number of carbonyl (C=O) groups excluding carboxylic acids is 7. The summed E-state index contributed by atoms with van der Waals surface area (Å²) in [6, 6.07) is -6.95. The maximum Gasteiger partial charge on any atom is 0.243 e. The third kappa shape index (κ3) is 22.5. The number of guanidine groups is 1. The van der Waals surface area contributed by atoms with Crippen molar-refractivity contribution in [2.24, 2.45) is 51.0 Å². The summed E-state index contributed by atoms with van der Waals surface area (Å²) in [7, 11) is 0. The zero-order chi connectivity index (χ0) is 46.5. The molecule has 1 heterocycles. The lowest BCUT2D eigenvalue weighted by Crippen LogP contribution is -2.60. The maximum atomic E-state index is 14.1. The van der Waals surface area contributed by atoms with Gasteiger partial charge in [-0.25, -0.2) is 0 Å². The topological polar surface area (TPSA) is 398 Å². The molecule has 0 radical (unpaired) electrons. The van der Waals surface area contributed by atoms with Crippen LogP contribution in [-0.4, -0.2) is 129 Å². The smallest absolute Gasteiger partial charge is 0.243 e. The lowest BCUT2D eigenvalue weighted by Gasteiger charge is -2.28. The van der Waals surface area contributed by atoms with Gasteiger partial charge in [-0.15, -0.1) is 0 Å². The van der Waals surface area contributed by atoms with Gasteiger partial charge in [0.05, 0.1) is 6.04 Å². The van der Waals surface area contributed by atoms with Crippen LogP contribution in [0.1, 0.15) is 117 Å². The molecule has 7 atom stereocenters. The summed E-state index contributed by atoms with van der Waals surface area (Å²) in [5, 5.41) is 19.7. The van der Waals surface area contributed by atoms with E-state index in [1.165, 1.54) is 0 Å². The van der Waals surface area contributed by atoms with E-state index < -0.39 is 77.7 Å². The van der Waals surface area contributed by atoms with E-state index in [0.29, 0.717) is 96.9 Å². The van der Waals surface area contributed by atoms with Gasteiger partial charge in [-0.3, -0.25) is 38.6 Å². The number of rotatable bonds is 34. The van der Waals surface area contributed by atoms with E-state index >= 15 is 0 Å². The molecule has 356 valence electrons. The third-order valence-electron chi connectivity index (χ3n) is 10.5. The van der Waals surface area contributed by atoms with Crippen LogP contribution in [-0.2, 0) is 33.6 Å². The number of aliphatic imine (C=N–C) groups is 1. The summed E-state index contributed by atoms with van der Waals surface area (Å²) in [6.45, 7) is 5.69. The summed E-state index contributed by atoms with van der Waals surface area (Å²) < 4.78 is 0. The van der Waals surface area contributed by atoms with E-state index in [1.54, 1.807) is 13.8 Å². The minimum Gasteiger partial charge on any atom is -0.370 e. The van der Waals surface area contributed by atoms with Crippen LogP contribution in [0.3, 0.4) is 0 Å². The molecule has 7 amide bonds. The van der Waals surface area contributed by atoms with E-state index in [9.17, 15) is 33.6 Å². The second kappa shape index (κ2) is 32.1. The molecule has 0 aliphatic carbocycles. The third-order valence-corrected chi connectivity index (χ3v) is 10.5. The number of primary amides is 1. The van der Waals surface area contributed by atoms with Gasteiger partial charge in [0, 0.05) is 6.54 Å². The first-order chi connectivity index (χ1) is 29.6. The first-order valence-corrected chi connectivity index (χ1v) is 22.3. The van der Waals surface area contributed by atoms with Gasteiger partial charge in [0.2, 0.25) is 41.4 Å². The Balaban J connectivity index is 3.42. The van der Waals surface area contributed by atoms with Gasteiger partial charge in [0.25, 0.3) is 0 Å². The Bertz CT molecular complexity index is 1410. The molecule has 62 heavy (non-hydrogen) atoms. The number of carbonyl (C=O) groups is 7. The van der Waals surface area contributed by atoms with E-state index in [2.05, 4.69) is 42.2 Å². The standard InChI is InChI=1S/C40H79N15O7/c1-25(2)32(33(45)56)55-39(62)30(16-6-10-22-44)53-38(61)31(18-12-24-49-40(46)47)54-37(60)29(15-5-9-21-43)52-36(59)28(14-4-8-20-42)51-35(58)27(13-3-7-19-41)50-34(57)26-17-11-23-48-26/h25-32,48H,3-24,41-44H2,1-2H3,(H2,45,56)(H,50,57)(H,51,58)(H,52,59)(H,53,61)(H,54,60)(H,55,62)(H4,46,47,49)/t26-,27-,28-,29-,30-,31-,32-/m0/s1. The van der Waals surface area contributed by atoms with E-state index in [-0.39, 0.29) is 56.4 Å². The highest BCUT2D eigenvalue weighted by Crippen LogP contribution is 2.12. The van der Waals surface area contributed by atoms with Crippen molar-refractivity contribution in [3.05, 3.63) is 0 Å². The molecule has 1 aliphatic heterocycles. The molecular weight excluding hydrogens is 803 g/mol. The first-order valence-electron chi connectivity index (χ1n) is 22.3. The van der Waals surface area contributed by atoms with Gasteiger partial charge in [-0.05, 0) is 141 Å². The highest BCUT2D eigenvalue weighted by Gasteiger charge is 2.34. The lowest BCUT2D eigenvalue weighted by atomic mass is 10.0. The highest BCUT2D eigenvalue weighted by atomic mass is 16.2. The van der Waals surface area contributed by atoms with E-state index in [0.717, 1.165) is 6.42 Å². The minimum atomic E-state index is -1.22. The Labute approximate surface area is 366 Å². The Morgan fingerprint density at radius 2 is 0.887 bits per heavy atom. The van der Waals surface area contributed by atoms with Crippen LogP contribution < -0.4 is 77.4 Å². The number of amides is 7.